The second-order valence-electron chi connectivity index (χ2n) is 4.08. The molecule has 0 bridgehead atoms. The van der Waals surface area contributed by atoms with Crippen molar-refractivity contribution < 1.29 is 14.4 Å². The van der Waals surface area contributed by atoms with Crippen LogP contribution in [0.2, 0.25) is 0 Å². The van der Waals surface area contributed by atoms with Gasteiger partial charge in [-0.1, -0.05) is 12.1 Å². The summed E-state index contributed by atoms with van der Waals surface area (Å²) in [4.78, 5) is 17.4. The maximum atomic E-state index is 11.8. The molecule has 1 atom stereocenters. The molecule has 1 saturated heterocycles. The third kappa shape index (κ3) is 3.48. The van der Waals surface area contributed by atoms with Gasteiger partial charge in [0.15, 0.2) is 0 Å². The zero-order valence-corrected chi connectivity index (χ0v) is 11.2. The molecule has 4 nitrogen and oxygen atoms in total. The summed E-state index contributed by atoms with van der Waals surface area (Å²) in [6.07, 6.45) is 2.56. The lowest BCUT2D eigenvalue weighted by Gasteiger charge is -2.11. The summed E-state index contributed by atoms with van der Waals surface area (Å²) < 4.78 is 5.58. The largest absolute Gasteiger partial charge is 0.377 e. The summed E-state index contributed by atoms with van der Waals surface area (Å²) in [6, 6.07) is 7.53. The number of carbonyl (C=O) groups is 1. The maximum absolute atomic E-state index is 11.8. The van der Waals surface area contributed by atoms with Crippen LogP contribution in [-0.4, -0.2) is 31.5 Å². The number of hydrogen-bond donors (Lipinski definition) is 1. The Morgan fingerprint density at radius 1 is 1.56 bits per heavy atom. The maximum Gasteiger partial charge on any atom is 0.275 e. The normalized spacial score (nSPS) is 18.8. The predicted molar refractivity (Wildman–Crippen MR) is 70.6 cm³/mol. The van der Waals surface area contributed by atoms with Gasteiger partial charge in [0.25, 0.3) is 5.91 Å². The minimum atomic E-state index is -0.215. The number of ether oxygens (including phenoxy) is 1. The van der Waals surface area contributed by atoms with Crippen LogP contribution in [0.3, 0.4) is 0 Å². The summed E-state index contributed by atoms with van der Waals surface area (Å²) in [6.45, 7) is 0.858. The topological polar surface area (TPSA) is 47.6 Å². The van der Waals surface area contributed by atoms with Crippen LogP contribution in [0.25, 0.3) is 0 Å². The van der Waals surface area contributed by atoms with Gasteiger partial charge in [-0.2, -0.15) is 0 Å². The molecule has 98 valence electrons. The highest BCUT2D eigenvalue weighted by molar-refractivity contribution is 7.99. The lowest BCUT2D eigenvalue weighted by Crippen LogP contribution is -2.22. The van der Waals surface area contributed by atoms with Crippen LogP contribution >= 0.6 is 11.8 Å². The number of hydrogen-bond acceptors (Lipinski definition) is 4. The van der Waals surface area contributed by atoms with E-state index in [1.54, 1.807) is 17.8 Å². The minimum Gasteiger partial charge on any atom is -0.377 e. The van der Waals surface area contributed by atoms with Crippen LogP contribution in [0.1, 0.15) is 23.2 Å². The molecule has 1 N–H and O–H groups in total. The number of benzene rings is 1. The van der Waals surface area contributed by atoms with Crippen LogP contribution in [0.15, 0.2) is 29.2 Å². The van der Waals surface area contributed by atoms with Gasteiger partial charge in [0.1, 0.15) is 0 Å². The van der Waals surface area contributed by atoms with E-state index in [0.717, 1.165) is 30.1 Å². The fourth-order valence-electron chi connectivity index (χ4n) is 1.89. The van der Waals surface area contributed by atoms with E-state index in [-0.39, 0.29) is 5.91 Å². The van der Waals surface area contributed by atoms with Gasteiger partial charge in [-0.3, -0.25) is 9.63 Å². The predicted octanol–water partition coefficient (Wildman–Crippen LogP) is 2.25. The molecular weight excluding hydrogens is 250 g/mol. The molecule has 0 radical (unpaired) electrons. The number of hydroxylamine groups is 1. The fraction of sp³-hybridized carbons (Fsp3) is 0.462. The van der Waals surface area contributed by atoms with E-state index in [2.05, 4.69) is 10.3 Å². The quantitative estimate of drug-likeness (QED) is 0.656. The highest BCUT2D eigenvalue weighted by Crippen LogP contribution is 2.26. The van der Waals surface area contributed by atoms with Crippen LogP contribution in [0.5, 0.6) is 0 Å². The molecule has 1 aromatic carbocycles. The van der Waals surface area contributed by atoms with E-state index >= 15 is 0 Å². The van der Waals surface area contributed by atoms with Gasteiger partial charge >= 0.3 is 0 Å². The Hall–Kier alpha value is -1.04. The van der Waals surface area contributed by atoms with E-state index in [4.69, 9.17) is 4.74 Å². The number of nitrogens with one attached hydrogen (secondary N) is 1. The highest BCUT2D eigenvalue weighted by Gasteiger charge is 2.17. The average Bonchev–Trinajstić information content (AvgIpc) is 2.90. The standard InChI is InChI=1S/C13H17NO3S/c1-16-14-13(15)11-6-2-3-7-12(11)18-9-10-5-4-8-17-10/h2-3,6-7,10H,4-5,8-9H2,1H3,(H,14,15). The van der Waals surface area contributed by atoms with E-state index in [1.165, 1.54) is 7.11 Å². The third-order valence-corrected chi connectivity index (χ3v) is 3.98. The molecule has 1 heterocycles. The Labute approximate surface area is 111 Å². The zero-order valence-electron chi connectivity index (χ0n) is 10.3. The van der Waals surface area contributed by atoms with Gasteiger partial charge in [-0.05, 0) is 25.0 Å². The van der Waals surface area contributed by atoms with Gasteiger partial charge in [-0.15, -0.1) is 11.8 Å². The van der Waals surface area contributed by atoms with Crippen molar-refractivity contribution in [3.63, 3.8) is 0 Å². The molecule has 0 spiro atoms. The third-order valence-electron chi connectivity index (χ3n) is 2.78. The molecule has 2 rings (SSSR count). The first-order chi connectivity index (χ1) is 8.81. The van der Waals surface area contributed by atoms with Crippen molar-refractivity contribution in [2.75, 3.05) is 19.5 Å². The Balaban J connectivity index is 2.00. The molecular formula is C13H17NO3S. The van der Waals surface area contributed by atoms with Crippen LogP contribution in [-0.2, 0) is 9.57 Å². The van der Waals surface area contributed by atoms with Gasteiger partial charge in [-0.25, -0.2) is 5.48 Å². The van der Waals surface area contributed by atoms with Crippen molar-refractivity contribution in [3.8, 4) is 0 Å². The van der Waals surface area contributed by atoms with Crippen molar-refractivity contribution in [2.45, 2.75) is 23.8 Å². The Morgan fingerprint density at radius 3 is 3.11 bits per heavy atom. The monoisotopic (exact) mass is 267 g/mol. The molecule has 1 fully saturated rings. The molecule has 0 aromatic heterocycles. The lowest BCUT2D eigenvalue weighted by atomic mass is 10.2. The number of thioether (sulfide) groups is 1. The second kappa shape index (κ2) is 6.78. The first-order valence-electron chi connectivity index (χ1n) is 5.98. The molecule has 1 amide bonds. The van der Waals surface area contributed by atoms with Gasteiger partial charge in [0, 0.05) is 17.3 Å². The molecule has 1 aliphatic heterocycles. The molecule has 18 heavy (non-hydrogen) atoms. The average molecular weight is 267 g/mol. The van der Waals surface area contributed by atoms with E-state index in [1.807, 2.05) is 18.2 Å². The van der Waals surface area contributed by atoms with E-state index < -0.39 is 0 Å². The smallest absolute Gasteiger partial charge is 0.275 e. The van der Waals surface area contributed by atoms with Crippen molar-refractivity contribution in [2.24, 2.45) is 0 Å². The summed E-state index contributed by atoms with van der Waals surface area (Å²) in [5, 5.41) is 0. The Bertz CT molecular complexity index is 405. The number of rotatable bonds is 5. The second-order valence-corrected chi connectivity index (χ2v) is 5.14. The minimum absolute atomic E-state index is 0.215. The molecule has 1 aromatic rings. The van der Waals surface area contributed by atoms with Gasteiger partial charge < -0.3 is 4.74 Å². The summed E-state index contributed by atoms with van der Waals surface area (Å²) >= 11 is 1.66. The summed E-state index contributed by atoms with van der Waals surface area (Å²) in [7, 11) is 1.43. The number of carbonyl (C=O) groups excluding carboxylic acids is 1. The van der Waals surface area contributed by atoms with Gasteiger partial charge in [0.05, 0.1) is 18.8 Å². The molecule has 5 heteroatoms. The van der Waals surface area contributed by atoms with Crippen LogP contribution in [0.4, 0.5) is 0 Å². The van der Waals surface area contributed by atoms with Crippen molar-refractivity contribution in [1.29, 1.82) is 0 Å². The van der Waals surface area contributed by atoms with Gasteiger partial charge in [0.2, 0.25) is 0 Å². The van der Waals surface area contributed by atoms with Crippen LogP contribution in [0, 0.1) is 0 Å². The van der Waals surface area contributed by atoms with Crippen molar-refractivity contribution >= 4 is 17.7 Å². The zero-order chi connectivity index (χ0) is 12.8. The molecule has 0 saturated carbocycles. The SMILES string of the molecule is CONC(=O)c1ccccc1SCC1CCCO1. The first kappa shape index (κ1) is 13.4. The summed E-state index contributed by atoms with van der Waals surface area (Å²) in [5.74, 6) is 0.671. The van der Waals surface area contributed by atoms with Crippen LogP contribution < -0.4 is 5.48 Å². The summed E-state index contributed by atoms with van der Waals surface area (Å²) in [5.41, 5.74) is 2.99. The van der Waals surface area contributed by atoms with E-state index in [0.29, 0.717) is 11.7 Å². The molecule has 0 aliphatic carbocycles. The molecule has 1 aliphatic rings. The highest BCUT2D eigenvalue weighted by atomic mass is 32.2. The van der Waals surface area contributed by atoms with E-state index in [9.17, 15) is 4.79 Å². The lowest BCUT2D eigenvalue weighted by molar-refractivity contribution is 0.0534. The fourth-order valence-corrected chi connectivity index (χ4v) is 3.01. The molecule has 1 unspecified atom stereocenters. The van der Waals surface area contributed by atoms with Crippen molar-refractivity contribution in [3.05, 3.63) is 29.8 Å². The van der Waals surface area contributed by atoms with Crippen molar-refractivity contribution in [1.82, 2.24) is 5.48 Å². The number of amides is 1. The Morgan fingerprint density at radius 2 is 2.39 bits per heavy atom. The Kier molecular flexibility index (Phi) is 5.04. The first-order valence-corrected chi connectivity index (χ1v) is 6.96.